The van der Waals surface area contributed by atoms with E-state index in [0.29, 0.717) is 30.7 Å². The molecular formula is C24H26FN5O3S. The highest BCUT2D eigenvalue weighted by molar-refractivity contribution is 8.00. The van der Waals surface area contributed by atoms with Crippen LogP contribution in [-0.2, 0) is 22.6 Å². The zero-order valence-corrected chi connectivity index (χ0v) is 19.6. The predicted octanol–water partition coefficient (Wildman–Crippen LogP) is 3.77. The van der Waals surface area contributed by atoms with E-state index in [0.717, 1.165) is 24.0 Å². The number of nitrogens with zero attached hydrogens (tertiary/aromatic N) is 3. The molecule has 34 heavy (non-hydrogen) atoms. The molecule has 178 valence electrons. The number of hydrogen-bond donors (Lipinski definition) is 2. The van der Waals surface area contributed by atoms with Crippen LogP contribution in [0.1, 0.15) is 25.3 Å². The van der Waals surface area contributed by atoms with Crippen LogP contribution in [0.2, 0.25) is 0 Å². The van der Waals surface area contributed by atoms with Gasteiger partial charge in [0.25, 0.3) is 0 Å². The van der Waals surface area contributed by atoms with Crippen LogP contribution < -0.4 is 10.6 Å². The summed E-state index contributed by atoms with van der Waals surface area (Å²) in [7, 11) is 0. The second kappa shape index (κ2) is 11.3. The molecule has 0 spiro atoms. The second-order valence-corrected chi connectivity index (χ2v) is 9.28. The lowest BCUT2D eigenvalue weighted by Crippen LogP contribution is -2.42. The molecule has 4 rings (SSSR count). The molecule has 1 fully saturated rings. The van der Waals surface area contributed by atoms with Crippen molar-refractivity contribution in [2.24, 2.45) is 0 Å². The maximum absolute atomic E-state index is 13.4. The van der Waals surface area contributed by atoms with E-state index in [2.05, 4.69) is 20.8 Å². The molecule has 3 aromatic rings. The third kappa shape index (κ3) is 6.21. The molecule has 2 atom stereocenters. The van der Waals surface area contributed by atoms with Crippen LogP contribution in [-0.4, -0.2) is 44.7 Å². The Morgan fingerprint density at radius 2 is 1.94 bits per heavy atom. The number of nitrogens with one attached hydrogen (secondary N) is 2. The second-order valence-electron chi connectivity index (χ2n) is 7.98. The van der Waals surface area contributed by atoms with E-state index in [1.807, 2.05) is 34.9 Å². The molecule has 2 unspecified atom stereocenters. The molecule has 1 aromatic heterocycles. The molecule has 1 aliphatic heterocycles. The first-order chi connectivity index (χ1) is 16.5. The average molecular weight is 484 g/mol. The lowest BCUT2D eigenvalue weighted by molar-refractivity contribution is -0.119. The maximum Gasteiger partial charge on any atom is 0.321 e. The fourth-order valence-corrected chi connectivity index (χ4v) is 4.45. The van der Waals surface area contributed by atoms with Crippen molar-refractivity contribution in [2.75, 3.05) is 6.61 Å². The monoisotopic (exact) mass is 483 g/mol. The predicted molar refractivity (Wildman–Crippen MR) is 127 cm³/mol. The van der Waals surface area contributed by atoms with Crippen molar-refractivity contribution in [2.45, 2.75) is 49.4 Å². The molecule has 0 saturated carbocycles. The number of carbonyl (C=O) groups is 2. The Bertz CT molecular complexity index is 1120. The number of amides is 3. The van der Waals surface area contributed by atoms with E-state index >= 15 is 0 Å². The molecule has 10 heteroatoms. The van der Waals surface area contributed by atoms with Gasteiger partial charge in [-0.25, -0.2) is 9.18 Å². The fourth-order valence-electron chi connectivity index (χ4n) is 3.59. The summed E-state index contributed by atoms with van der Waals surface area (Å²) in [6, 6.07) is 14.9. The fraction of sp³-hybridized carbons (Fsp3) is 0.333. The molecule has 0 radical (unpaired) electrons. The Labute approximate surface area is 201 Å². The molecule has 0 aliphatic carbocycles. The van der Waals surface area contributed by atoms with Crippen LogP contribution in [0, 0.1) is 5.82 Å². The summed E-state index contributed by atoms with van der Waals surface area (Å²) in [6.45, 7) is 3.25. The number of benzene rings is 2. The molecule has 0 bridgehead atoms. The van der Waals surface area contributed by atoms with E-state index in [1.54, 1.807) is 19.1 Å². The number of rotatable bonds is 8. The molecule has 2 heterocycles. The van der Waals surface area contributed by atoms with Crippen molar-refractivity contribution in [3.05, 3.63) is 66.0 Å². The van der Waals surface area contributed by atoms with Crippen molar-refractivity contribution in [1.82, 2.24) is 25.4 Å². The van der Waals surface area contributed by atoms with Crippen molar-refractivity contribution in [3.8, 4) is 11.4 Å². The Kier molecular flexibility index (Phi) is 7.91. The maximum atomic E-state index is 13.4. The van der Waals surface area contributed by atoms with Crippen LogP contribution in [0.5, 0.6) is 0 Å². The molecular weight excluding hydrogens is 457 g/mol. The number of aromatic nitrogens is 3. The van der Waals surface area contributed by atoms with E-state index in [4.69, 9.17) is 4.74 Å². The minimum Gasteiger partial charge on any atom is -0.376 e. The van der Waals surface area contributed by atoms with Crippen molar-refractivity contribution >= 4 is 23.7 Å². The summed E-state index contributed by atoms with van der Waals surface area (Å²) in [4.78, 5) is 24.8. The lowest BCUT2D eigenvalue weighted by atomic mass is 10.2. The number of ether oxygens (including phenoxy) is 1. The van der Waals surface area contributed by atoms with Gasteiger partial charge in [0.1, 0.15) is 5.82 Å². The van der Waals surface area contributed by atoms with Crippen molar-refractivity contribution in [1.29, 1.82) is 0 Å². The first kappa shape index (κ1) is 23.9. The van der Waals surface area contributed by atoms with Gasteiger partial charge < -0.3 is 10.1 Å². The zero-order chi connectivity index (χ0) is 23.9. The molecule has 3 amide bonds. The summed E-state index contributed by atoms with van der Waals surface area (Å²) in [6.07, 6.45) is 1.92. The number of hydrogen-bond acceptors (Lipinski definition) is 6. The van der Waals surface area contributed by atoms with Gasteiger partial charge in [0.05, 0.1) is 17.9 Å². The standard InChI is InChI=1S/C24H26FN5O3S/c1-16(22(31)27-23(32)26-14-17-6-3-2-4-7-17)34-24-29-28-21(18-9-11-19(25)12-10-18)30(24)15-20-8-5-13-33-20/h2-4,6-7,9-12,16,20H,5,8,13-15H2,1H3,(H2,26,27,31,32). The van der Waals surface area contributed by atoms with Gasteiger partial charge in [0.2, 0.25) is 5.91 Å². The van der Waals surface area contributed by atoms with E-state index in [1.165, 1.54) is 23.9 Å². The molecule has 8 nitrogen and oxygen atoms in total. The smallest absolute Gasteiger partial charge is 0.321 e. The van der Waals surface area contributed by atoms with Gasteiger partial charge in [-0.3, -0.25) is 14.7 Å². The van der Waals surface area contributed by atoms with Gasteiger partial charge in [-0.05, 0) is 49.6 Å². The summed E-state index contributed by atoms with van der Waals surface area (Å²) in [5.41, 5.74) is 1.65. The molecule has 2 aromatic carbocycles. The third-order valence-electron chi connectivity index (χ3n) is 5.41. The van der Waals surface area contributed by atoms with Crippen LogP contribution in [0.25, 0.3) is 11.4 Å². The Morgan fingerprint density at radius 3 is 2.65 bits per heavy atom. The number of halogens is 1. The van der Waals surface area contributed by atoms with E-state index < -0.39 is 17.2 Å². The topological polar surface area (TPSA) is 98.1 Å². The SMILES string of the molecule is CC(Sc1nnc(-c2ccc(F)cc2)n1CC1CCCO1)C(=O)NC(=O)NCc1ccccc1. The highest BCUT2D eigenvalue weighted by Gasteiger charge is 2.25. The van der Waals surface area contributed by atoms with Crippen LogP contribution in [0.4, 0.5) is 9.18 Å². The Balaban J connectivity index is 1.42. The highest BCUT2D eigenvalue weighted by Crippen LogP contribution is 2.29. The Morgan fingerprint density at radius 1 is 1.18 bits per heavy atom. The van der Waals surface area contributed by atoms with Gasteiger partial charge in [-0.1, -0.05) is 42.1 Å². The number of imide groups is 1. The summed E-state index contributed by atoms with van der Waals surface area (Å²) in [5.74, 6) is -0.198. The van der Waals surface area contributed by atoms with Gasteiger partial charge in [0.15, 0.2) is 11.0 Å². The zero-order valence-electron chi connectivity index (χ0n) is 18.7. The van der Waals surface area contributed by atoms with E-state index in [9.17, 15) is 14.0 Å². The third-order valence-corrected chi connectivity index (χ3v) is 6.49. The first-order valence-electron chi connectivity index (χ1n) is 11.1. The van der Waals surface area contributed by atoms with Crippen molar-refractivity contribution < 1.29 is 18.7 Å². The lowest BCUT2D eigenvalue weighted by Gasteiger charge is -2.16. The van der Waals surface area contributed by atoms with Crippen LogP contribution >= 0.6 is 11.8 Å². The first-order valence-corrected chi connectivity index (χ1v) is 12.0. The highest BCUT2D eigenvalue weighted by atomic mass is 32.2. The van der Waals surface area contributed by atoms with Gasteiger partial charge in [0, 0.05) is 18.7 Å². The van der Waals surface area contributed by atoms with Gasteiger partial charge in [-0.15, -0.1) is 10.2 Å². The van der Waals surface area contributed by atoms with Crippen LogP contribution in [0.3, 0.4) is 0 Å². The summed E-state index contributed by atoms with van der Waals surface area (Å²) < 4.78 is 21.1. The van der Waals surface area contributed by atoms with E-state index in [-0.39, 0.29) is 11.9 Å². The number of urea groups is 1. The number of thioether (sulfide) groups is 1. The summed E-state index contributed by atoms with van der Waals surface area (Å²) in [5, 5.41) is 13.6. The minimum absolute atomic E-state index is 0.0162. The summed E-state index contributed by atoms with van der Waals surface area (Å²) >= 11 is 1.20. The van der Waals surface area contributed by atoms with Gasteiger partial charge >= 0.3 is 6.03 Å². The van der Waals surface area contributed by atoms with Crippen LogP contribution in [0.15, 0.2) is 59.8 Å². The Hall–Kier alpha value is -3.24. The number of carbonyl (C=O) groups excluding carboxylic acids is 2. The van der Waals surface area contributed by atoms with Gasteiger partial charge in [-0.2, -0.15) is 0 Å². The van der Waals surface area contributed by atoms with Crippen molar-refractivity contribution in [3.63, 3.8) is 0 Å². The quantitative estimate of drug-likeness (QED) is 0.474. The molecule has 1 saturated heterocycles. The minimum atomic E-state index is -0.601. The largest absolute Gasteiger partial charge is 0.376 e. The average Bonchev–Trinajstić information content (AvgIpc) is 3.50. The normalized spacial score (nSPS) is 16.2. The molecule has 1 aliphatic rings. The molecule has 2 N–H and O–H groups in total.